The zero-order chi connectivity index (χ0) is 8.67. The first-order valence-electron chi connectivity index (χ1n) is 4.46. The number of rotatable bonds is 0. The second-order valence-electron chi connectivity index (χ2n) is 3.28. The van der Waals surface area contributed by atoms with Crippen LogP contribution in [0.3, 0.4) is 0 Å². The van der Waals surface area contributed by atoms with Gasteiger partial charge >= 0.3 is 0 Å². The lowest BCUT2D eigenvalue weighted by Crippen LogP contribution is -1.85. The van der Waals surface area contributed by atoms with Crippen LogP contribution in [0.2, 0.25) is 0 Å². The van der Waals surface area contributed by atoms with Crippen LogP contribution in [0.1, 0.15) is 11.3 Å². The maximum absolute atomic E-state index is 3.38. The summed E-state index contributed by atoms with van der Waals surface area (Å²) >= 11 is 0. The fraction of sp³-hybridized carbons (Fsp3) is 0.0833. The number of para-hydroxylation sites is 1. The Hall–Kier alpha value is -1.72. The van der Waals surface area contributed by atoms with Crippen LogP contribution >= 0.6 is 0 Å². The Morgan fingerprint density at radius 1 is 1.23 bits per heavy atom. The first kappa shape index (κ1) is 6.76. The van der Waals surface area contributed by atoms with E-state index in [0.29, 0.717) is 0 Å². The van der Waals surface area contributed by atoms with Crippen molar-refractivity contribution in [1.82, 2.24) is 4.98 Å². The smallest absolute Gasteiger partial charge is 0.0505 e. The highest BCUT2D eigenvalue weighted by Crippen LogP contribution is 2.25. The van der Waals surface area contributed by atoms with Gasteiger partial charge in [0.05, 0.1) is 5.69 Å². The molecule has 1 heterocycles. The molecule has 1 aliphatic carbocycles. The van der Waals surface area contributed by atoms with Crippen molar-refractivity contribution in [2.45, 2.75) is 6.42 Å². The second-order valence-corrected chi connectivity index (χ2v) is 3.28. The van der Waals surface area contributed by atoms with E-state index in [1.165, 1.54) is 22.2 Å². The third-order valence-electron chi connectivity index (χ3n) is 2.50. The van der Waals surface area contributed by atoms with E-state index in [2.05, 4.69) is 41.1 Å². The molecular weight excluding hydrogens is 158 g/mol. The molecule has 0 spiro atoms. The Morgan fingerprint density at radius 2 is 2.15 bits per heavy atom. The van der Waals surface area contributed by atoms with Gasteiger partial charge in [0, 0.05) is 23.4 Å². The predicted octanol–water partition coefficient (Wildman–Crippen LogP) is 2.89. The Kier molecular flexibility index (Phi) is 1.24. The molecular formula is C12H9N. The number of benzene rings is 1. The number of nitrogens with one attached hydrogen (secondary N) is 1. The van der Waals surface area contributed by atoms with Gasteiger partial charge in [-0.05, 0) is 17.7 Å². The Bertz CT molecular complexity index is 525. The third-order valence-corrected chi connectivity index (χ3v) is 2.50. The van der Waals surface area contributed by atoms with Gasteiger partial charge in [0.1, 0.15) is 0 Å². The van der Waals surface area contributed by atoms with Crippen LogP contribution in [0.25, 0.3) is 17.0 Å². The molecule has 3 rings (SSSR count). The molecule has 0 aliphatic heterocycles. The predicted molar refractivity (Wildman–Crippen MR) is 54.5 cm³/mol. The van der Waals surface area contributed by atoms with Crippen molar-refractivity contribution in [1.29, 1.82) is 0 Å². The van der Waals surface area contributed by atoms with Gasteiger partial charge in [0.15, 0.2) is 0 Å². The lowest BCUT2D eigenvalue weighted by Gasteiger charge is -1.98. The fourth-order valence-corrected chi connectivity index (χ4v) is 1.87. The summed E-state index contributed by atoms with van der Waals surface area (Å²) in [6, 6.07) is 8.42. The molecule has 62 valence electrons. The van der Waals surface area contributed by atoms with Crippen molar-refractivity contribution >= 4 is 17.0 Å². The molecule has 0 fully saturated rings. The zero-order valence-corrected chi connectivity index (χ0v) is 7.17. The van der Waals surface area contributed by atoms with Crippen molar-refractivity contribution in [3.8, 4) is 0 Å². The van der Waals surface area contributed by atoms with Crippen molar-refractivity contribution in [2.24, 2.45) is 0 Å². The molecule has 0 saturated carbocycles. The number of H-pyrrole nitrogens is 1. The monoisotopic (exact) mass is 167 g/mol. The van der Waals surface area contributed by atoms with Crippen LogP contribution in [-0.2, 0) is 6.42 Å². The molecule has 1 aromatic carbocycles. The van der Waals surface area contributed by atoms with Gasteiger partial charge in [-0.2, -0.15) is 0 Å². The minimum absolute atomic E-state index is 0.996. The number of aromatic amines is 1. The molecule has 1 N–H and O–H groups in total. The summed E-state index contributed by atoms with van der Waals surface area (Å²) in [7, 11) is 0. The quantitative estimate of drug-likeness (QED) is 0.581. The van der Waals surface area contributed by atoms with E-state index in [4.69, 9.17) is 0 Å². The van der Waals surface area contributed by atoms with Gasteiger partial charge in [0.25, 0.3) is 0 Å². The third kappa shape index (κ3) is 0.881. The van der Waals surface area contributed by atoms with Crippen LogP contribution in [0.4, 0.5) is 0 Å². The highest BCUT2D eigenvalue weighted by Gasteiger charge is 2.08. The van der Waals surface area contributed by atoms with Crippen LogP contribution in [-0.4, -0.2) is 4.98 Å². The van der Waals surface area contributed by atoms with Crippen LogP contribution in [0.15, 0.2) is 36.1 Å². The van der Waals surface area contributed by atoms with E-state index in [1.54, 1.807) is 0 Å². The number of hydrogen-bond acceptors (Lipinski definition) is 0. The number of hydrogen-bond donors (Lipinski definition) is 1. The molecule has 2 aromatic rings. The summed E-state index contributed by atoms with van der Waals surface area (Å²) in [5.41, 5.74) is 6.95. The summed E-state index contributed by atoms with van der Waals surface area (Å²) in [6.45, 7) is 0. The average molecular weight is 167 g/mol. The van der Waals surface area contributed by atoms with E-state index in [0.717, 1.165) is 6.42 Å². The average Bonchev–Trinajstić information content (AvgIpc) is 2.56. The lowest BCUT2D eigenvalue weighted by molar-refractivity contribution is 1.25. The summed E-state index contributed by atoms with van der Waals surface area (Å²) < 4.78 is 0. The molecule has 0 bridgehead atoms. The van der Waals surface area contributed by atoms with Gasteiger partial charge in [-0.1, -0.05) is 18.2 Å². The number of allylic oxidation sites excluding steroid dienone is 1. The second kappa shape index (κ2) is 2.38. The minimum atomic E-state index is 0.996. The van der Waals surface area contributed by atoms with Crippen LogP contribution in [0.5, 0.6) is 0 Å². The maximum Gasteiger partial charge on any atom is 0.0505 e. The van der Waals surface area contributed by atoms with Gasteiger partial charge in [-0.25, -0.2) is 0 Å². The van der Waals surface area contributed by atoms with Gasteiger partial charge in [0.2, 0.25) is 0 Å². The highest BCUT2D eigenvalue weighted by atomic mass is 14.7. The Labute approximate surface area is 76.4 Å². The SMILES string of the molecule is C1=CCc2c([nH]c3ccccc23)C=1. The standard InChI is InChI=1S/C12H9N/c1-3-7-11-9(5-1)10-6-2-4-8-12(10)13-11/h1-3,5,7-8,13H,6H2. The summed E-state index contributed by atoms with van der Waals surface area (Å²) in [5, 5.41) is 1.34. The largest absolute Gasteiger partial charge is 0.354 e. The lowest BCUT2D eigenvalue weighted by atomic mass is 10.1. The first-order chi connectivity index (χ1) is 6.45. The molecule has 0 saturated heterocycles. The van der Waals surface area contributed by atoms with Crippen molar-refractivity contribution in [3.63, 3.8) is 0 Å². The molecule has 1 aliphatic rings. The molecule has 1 nitrogen and oxygen atoms in total. The van der Waals surface area contributed by atoms with Gasteiger partial charge in [-0.15, -0.1) is 5.73 Å². The minimum Gasteiger partial charge on any atom is -0.354 e. The van der Waals surface area contributed by atoms with Gasteiger partial charge in [-0.3, -0.25) is 0 Å². The van der Waals surface area contributed by atoms with E-state index >= 15 is 0 Å². The summed E-state index contributed by atoms with van der Waals surface area (Å²) in [5.74, 6) is 0. The Morgan fingerprint density at radius 3 is 3.15 bits per heavy atom. The molecule has 1 heteroatoms. The molecule has 0 radical (unpaired) electrons. The topological polar surface area (TPSA) is 15.8 Å². The molecule has 1 aromatic heterocycles. The zero-order valence-electron chi connectivity index (χ0n) is 7.17. The Balaban J connectivity index is 2.45. The molecule has 13 heavy (non-hydrogen) atoms. The van der Waals surface area contributed by atoms with E-state index < -0.39 is 0 Å². The van der Waals surface area contributed by atoms with E-state index in [1.807, 2.05) is 6.08 Å². The van der Waals surface area contributed by atoms with Crippen LogP contribution in [0, 0.1) is 0 Å². The summed E-state index contributed by atoms with van der Waals surface area (Å²) in [6.07, 6.45) is 5.08. The van der Waals surface area contributed by atoms with E-state index in [9.17, 15) is 0 Å². The normalized spacial score (nSPS) is 13.5. The van der Waals surface area contributed by atoms with Crippen molar-refractivity contribution in [3.05, 3.63) is 47.3 Å². The molecule has 0 unspecified atom stereocenters. The molecule has 0 amide bonds. The van der Waals surface area contributed by atoms with E-state index in [-0.39, 0.29) is 0 Å². The number of fused-ring (bicyclic) bond motifs is 3. The van der Waals surface area contributed by atoms with Crippen molar-refractivity contribution in [2.75, 3.05) is 0 Å². The van der Waals surface area contributed by atoms with Crippen molar-refractivity contribution < 1.29 is 0 Å². The fourth-order valence-electron chi connectivity index (χ4n) is 1.87. The van der Waals surface area contributed by atoms with Gasteiger partial charge < -0.3 is 4.98 Å². The first-order valence-corrected chi connectivity index (χ1v) is 4.46. The van der Waals surface area contributed by atoms with Crippen LogP contribution < -0.4 is 0 Å². The molecule has 0 atom stereocenters. The number of aromatic nitrogens is 1. The maximum atomic E-state index is 3.38. The summed E-state index contributed by atoms with van der Waals surface area (Å²) in [4.78, 5) is 3.38. The highest BCUT2D eigenvalue weighted by molar-refractivity contribution is 5.87.